The predicted octanol–water partition coefficient (Wildman–Crippen LogP) is 5.05. The molecule has 0 unspecified atom stereocenters. The van der Waals surface area contributed by atoms with Gasteiger partial charge in [0, 0.05) is 6.42 Å². The molecule has 0 bridgehead atoms. The van der Waals surface area contributed by atoms with Gasteiger partial charge < -0.3 is 18.6 Å². The lowest BCUT2D eigenvalue weighted by molar-refractivity contribution is -0.303. The summed E-state index contributed by atoms with van der Waals surface area (Å²) in [4.78, 5) is 12.3. The van der Waals surface area contributed by atoms with Gasteiger partial charge in [-0.15, -0.1) is 0 Å². The molecule has 0 saturated carbocycles. The van der Waals surface area contributed by atoms with E-state index in [2.05, 4.69) is 33.9 Å². The lowest BCUT2D eigenvalue weighted by Gasteiger charge is -2.43. The third kappa shape index (κ3) is 6.99. The highest BCUT2D eigenvalue weighted by molar-refractivity contribution is 6.74. The van der Waals surface area contributed by atoms with Crippen LogP contribution < -0.4 is 0 Å². The minimum absolute atomic E-state index is 0.0928. The van der Waals surface area contributed by atoms with Crippen LogP contribution >= 0.6 is 0 Å². The van der Waals surface area contributed by atoms with Crippen molar-refractivity contribution in [1.29, 1.82) is 0 Å². The van der Waals surface area contributed by atoms with Crippen LogP contribution in [-0.4, -0.2) is 38.9 Å². The summed E-state index contributed by atoms with van der Waals surface area (Å²) in [5.41, 5.74) is 0.977. The van der Waals surface area contributed by atoms with E-state index in [0.29, 0.717) is 13.0 Å². The third-order valence-corrected chi connectivity index (χ3v) is 10.0. The van der Waals surface area contributed by atoms with Crippen LogP contribution in [0.1, 0.15) is 53.0 Å². The quantitative estimate of drug-likeness (QED) is 0.467. The lowest BCUT2D eigenvalue weighted by Crippen LogP contribution is -2.49. The Bertz CT molecular complexity index is 636. The van der Waals surface area contributed by atoms with Crippen molar-refractivity contribution >= 4 is 14.3 Å². The average molecular weight is 409 g/mol. The molecule has 1 aliphatic heterocycles. The second-order valence-electron chi connectivity index (χ2n) is 9.54. The molecular formula is C22H36O5Si. The van der Waals surface area contributed by atoms with Gasteiger partial charge in [0.25, 0.3) is 0 Å². The maximum atomic E-state index is 12.3. The standard InChI is InChI=1S/C22H36O5Si/c1-21(2,3)28(6,7)25-16-19-13-18(26-22(4,5)27-19)14-20(23)24-15-17-11-9-8-10-12-17/h8-12,18-19H,13-16H2,1-7H3/t18-,19+/m1/s1. The Morgan fingerprint density at radius 1 is 1.14 bits per heavy atom. The molecule has 2 rings (SSSR count). The Balaban J connectivity index is 1.87. The number of rotatable bonds is 7. The van der Waals surface area contributed by atoms with Crippen LogP contribution in [0.4, 0.5) is 0 Å². The summed E-state index contributed by atoms with van der Waals surface area (Å²) in [5.74, 6) is -1.00. The fourth-order valence-corrected chi connectivity index (χ4v) is 3.98. The summed E-state index contributed by atoms with van der Waals surface area (Å²) >= 11 is 0. The largest absolute Gasteiger partial charge is 0.461 e. The molecule has 0 amide bonds. The van der Waals surface area contributed by atoms with E-state index in [4.69, 9.17) is 18.6 Å². The summed E-state index contributed by atoms with van der Waals surface area (Å²) in [5, 5.41) is 0.147. The smallest absolute Gasteiger partial charge is 0.308 e. The summed E-state index contributed by atoms with van der Waals surface area (Å²) in [6, 6.07) is 9.68. The molecule has 0 aliphatic carbocycles. The first kappa shape index (κ1) is 23.1. The fourth-order valence-electron chi connectivity index (χ4n) is 2.95. The number of carbonyl (C=O) groups excluding carboxylic acids is 1. The van der Waals surface area contributed by atoms with Gasteiger partial charge in [-0.05, 0) is 37.5 Å². The predicted molar refractivity (Wildman–Crippen MR) is 112 cm³/mol. The summed E-state index contributed by atoms with van der Waals surface area (Å²) in [6.45, 7) is 15.7. The third-order valence-electron chi connectivity index (χ3n) is 5.50. The van der Waals surface area contributed by atoms with Gasteiger partial charge >= 0.3 is 5.97 Å². The molecule has 158 valence electrons. The van der Waals surface area contributed by atoms with Gasteiger partial charge in [0.1, 0.15) is 6.61 Å². The molecule has 0 aromatic heterocycles. The SMILES string of the molecule is CC1(C)O[C@H](CO[Si](C)(C)C(C)(C)C)C[C@H](CC(=O)OCc2ccccc2)O1. The van der Waals surface area contributed by atoms with E-state index in [9.17, 15) is 4.79 Å². The van der Waals surface area contributed by atoms with Crippen LogP contribution in [0.3, 0.4) is 0 Å². The van der Waals surface area contributed by atoms with Crippen molar-refractivity contribution in [3.05, 3.63) is 35.9 Å². The number of benzene rings is 1. The average Bonchev–Trinajstić information content (AvgIpc) is 2.57. The Morgan fingerprint density at radius 3 is 2.36 bits per heavy atom. The second kappa shape index (κ2) is 9.07. The van der Waals surface area contributed by atoms with Gasteiger partial charge in [0.2, 0.25) is 0 Å². The number of ether oxygens (including phenoxy) is 3. The van der Waals surface area contributed by atoms with Crippen LogP contribution in [0.2, 0.25) is 18.1 Å². The van der Waals surface area contributed by atoms with Gasteiger partial charge in [-0.3, -0.25) is 4.79 Å². The zero-order valence-electron chi connectivity index (χ0n) is 18.4. The van der Waals surface area contributed by atoms with Crippen molar-refractivity contribution in [3.63, 3.8) is 0 Å². The normalized spacial score (nSPS) is 22.7. The second-order valence-corrected chi connectivity index (χ2v) is 14.3. The van der Waals surface area contributed by atoms with E-state index in [1.807, 2.05) is 44.2 Å². The first-order chi connectivity index (χ1) is 12.9. The highest BCUT2D eigenvalue weighted by Crippen LogP contribution is 2.37. The summed E-state index contributed by atoms with van der Waals surface area (Å²) < 4.78 is 23.7. The first-order valence-electron chi connectivity index (χ1n) is 10.1. The summed E-state index contributed by atoms with van der Waals surface area (Å²) in [7, 11) is -1.85. The van der Waals surface area contributed by atoms with Crippen molar-refractivity contribution in [2.24, 2.45) is 0 Å². The Labute approximate surface area is 170 Å². The monoisotopic (exact) mass is 408 g/mol. The molecule has 0 radical (unpaired) electrons. The number of esters is 1. The van der Waals surface area contributed by atoms with E-state index in [0.717, 1.165) is 5.56 Å². The van der Waals surface area contributed by atoms with E-state index in [1.165, 1.54) is 0 Å². The van der Waals surface area contributed by atoms with Crippen LogP contribution in [-0.2, 0) is 30.0 Å². The van der Waals surface area contributed by atoms with Gasteiger partial charge in [-0.25, -0.2) is 0 Å². The molecule has 1 fully saturated rings. The topological polar surface area (TPSA) is 54.0 Å². The minimum atomic E-state index is -1.85. The van der Waals surface area contributed by atoms with Gasteiger partial charge in [0.05, 0.1) is 25.2 Å². The molecule has 1 heterocycles. The van der Waals surface area contributed by atoms with Gasteiger partial charge in [-0.1, -0.05) is 51.1 Å². The maximum Gasteiger partial charge on any atom is 0.308 e. The van der Waals surface area contributed by atoms with Crippen molar-refractivity contribution < 1.29 is 23.4 Å². The Morgan fingerprint density at radius 2 is 1.75 bits per heavy atom. The van der Waals surface area contributed by atoms with E-state index < -0.39 is 14.1 Å². The molecule has 1 aromatic rings. The van der Waals surface area contributed by atoms with Crippen LogP contribution in [0, 0.1) is 0 Å². The molecule has 5 nitrogen and oxygen atoms in total. The fraction of sp³-hybridized carbons (Fsp3) is 0.682. The van der Waals surface area contributed by atoms with Crippen molar-refractivity contribution in [1.82, 2.24) is 0 Å². The van der Waals surface area contributed by atoms with Crippen LogP contribution in [0.15, 0.2) is 30.3 Å². The van der Waals surface area contributed by atoms with E-state index in [1.54, 1.807) is 0 Å². The molecule has 0 N–H and O–H groups in total. The van der Waals surface area contributed by atoms with E-state index in [-0.39, 0.29) is 36.2 Å². The molecule has 0 spiro atoms. The molecule has 1 saturated heterocycles. The Hall–Kier alpha value is -1.21. The molecular weight excluding hydrogens is 372 g/mol. The maximum absolute atomic E-state index is 12.3. The number of carbonyl (C=O) groups is 1. The zero-order valence-corrected chi connectivity index (χ0v) is 19.4. The van der Waals surface area contributed by atoms with E-state index >= 15 is 0 Å². The minimum Gasteiger partial charge on any atom is -0.461 e. The molecule has 1 aromatic carbocycles. The highest BCUT2D eigenvalue weighted by atomic mass is 28.4. The number of hydrogen-bond donors (Lipinski definition) is 0. The van der Waals surface area contributed by atoms with Gasteiger partial charge in [0.15, 0.2) is 14.1 Å². The molecule has 6 heteroatoms. The first-order valence-corrected chi connectivity index (χ1v) is 13.0. The highest BCUT2D eigenvalue weighted by Gasteiger charge is 2.41. The van der Waals surface area contributed by atoms with Crippen LogP contribution in [0.5, 0.6) is 0 Å². The molecule has 28 heavy (non-hydrogen) atoms. The van der Waals surface area contributed by atoms with Crippen LogP contribution in [0.25, 0.3) is 0 Å². The lowest BCUT2D eigenvalue weighted by atomic mass is 10.1. The Kier molecular flexibility index (Phi) is 7.48. The van der Waals surface area contributed by atoms with Crippen molar-refractivity contribution in [3.8, 4) is 0 Å². The summed E-state index contributed by atoms with van der Waals surface area (Å²) in [6.07, 6.45) is 0.513. The molecule has 2 atom stereocenters. The zero-order chi connectivity index (χ0) is 21.0. The van der Waals surface area contributed by atoms with Gasteiger partial charge in [-0.2, -0.15) is 0 Å². The number of hydrogen-bond acceptors (Lipinski definition) is 5. The van der Waals surface area contributed by atoms with Crippen molar-refractivity contribution in [2.75, 3.05) is 6.61 Å². The van der Waals surface area contributed by atoms with Crippen molar-refractivity contribution in [2.45, 2.75) is 90.2 Å². The molecule has 1 aliphatic rings.